The standard InChI is InChI=1S/C18H21N3O5/c1-20(18(16(24)25)9-5-2-6-10-18)14(22)11-21-15(23)12-7-3-4-8-13(12)19-17(21)26/h3-4,7-8H,2,5-6,9-11H2,1H3,(H,19,26)(H,24,25). The molecule has 1 amide bonds. The van der Waals surface area contributed by atoms with Crippen molar-refractivity contribution in [3.8, 4) is 0 Å². The summed E-state index contributed by atoms with van der Waals surface area (Å²) < 4.78 is 0.819. The number of benzene rings is 1. The van der Waals surface area contributed by atoms with Crippen molar-refractivity contribution < 1.29 is 14.7 Å². The van der Waals surface area contributed by atoms with Crippen LogP contribution in [0.5, 0.6) is 0 Å². The number of amides is 1. The highest BCUT2D eigenvalue weighted by Gasteiger charge is 2.45. The van der Waals surface area contributed by atoms with E-state index in [1.54, 1.807) is 24.3 Å². The van der Waals surface area contributed by atoms with Gasteiger partial charge >= 0.3 is 11.7 Å². The summed E-state index contributed by atoms with van der Waals surface area (Å²) in [6.45, 7) is -0.496. The monoisotopic (exact) mass is 359 g/mol. The van der Waals surface area contributed by atoms with Crippen molar-refractivity contribution in [3.63, 3.8) is 0 Å². The van der Waals surface area contributed by atoms with Gasteiger partial charge in [-0.25, -0.2) is 9.59 Å². The zero-order chi connectivity index (χ0) is 18.9. The molecule has 2 aromatic rings. The Hall–Kier alpha value is -2.90. The van der Waals surface area contributed by atoms with Crippen LogP contribution in [0.4, 0.5) is 0 Å². The van der Waals surface area contributed by atoms with Gasteiger partial charge in [-0.05, 0) is 25.0 Å². The zero-order valence-electron chi connectivity index (χ0n) is 14.5. The van der Waals surface area contributed by atoms with Crippen molar-refractivity contribution in [1.29, 1.82) is 0 Å². The molecule has 1 saturated carbocycles. The van der Waals surface area contributed by atoms with Gasteiger partial charge in [0.2, 0.25) is 5.91 Å². The number of carboxylic acids is 1. The highest BCUT2D eigenvalue weighted by atomic mass is 16.4. The number of carbonyl (C=O) groups excluding carboxylic acids is 1. The third kappa shape index (κ3) is 2.91. The van der Waals surface area contributed by atoms with E-state index in [4.69, 9.17) is 0 Å². The van der Waals surface area contributed by atoms with E-state index in [1.165, 1.54) is 11.9 Å². The topological polar surface area (TPSA) is 112 Å². The number of carboxylic acid groups (broad SMARTS) is 1. The maximum atomic E-state index is 12.7. The Morgan fingerprint density at radius 2 is 1.85 bits per heavy atom. The lowest BCUT2D eigenvalue weighted by Crippen LogP contribution is -2.57. The van der Waals surface area contributed by atoms with Crippen LogP contribution < -0.4 is 11.2 Å². The highest BCUT2D eigenvalue weighted by molar-refractivity contribution is 5.87. The molecule has 1 heterocycles. The minimum atomic E-state index is -1.28. The Morgan fingerprint density at radius 1 is 1.19 bits per heavy atom. The zero-order valence-corrected chi connectivity index (χ0v) is 14.5. The SMILES string of the molecule is CN(C(=O)Cn1c(=O)[nH]c2ccccc2c1=O)C1(C(=O)O)CCCCC1. The number of hydrogen-bond acceptors (Lipinski definition) is 4. The Kier molecular flexibility index (Phi) is 4.67. The van der Waals surface area contributed by atoms with E-state index in [-0.39, 0.29) is 0 Å². The minimum absolute atomic E-state index is 0.299. The first-order valence-electron chi connectivity index (χ1n) is 8.59. The summed E-state index contributed by atoms with van der Waals surface area (Å²) in [5.41, 5.74) is -2.14. The Morgan fingerprint density at radius 3 is 2.50 bits per heavy atom. The Bertz CT molecular complexity index is 969. The number of rotatable bonds is 4. The molecule has 8 heteroatoms. The molecule has 0 atom stereocenters. The second-order valence-corrected chi connectivity index (χ2v) is 6.72. The summed E-state index contributed by atoms with van der Waals surface area (Å²) in [6, 6.07) is 6.54. The van der Waals surface area contributed by atoms with Crippen molar-refractivity contribution >= 4 is 22.8 Å². The molecule has 1 aliphatic rings. The van der Waals surface area contributed by atoms with Crippen LogP contribution in [0.2, 0.25) is 0 Å². The van der Waals surface area contributed by atoms with Gasteiger partial charge in [0.25, 0.3) is 5.56 Å². The molecule has 0 radical (unpaired) electrons. The molecule has 0 bridgehead atoms. The van der Waals surface area contributed by atoms with E-state index in [1.807, 2.05) is 0 Å². The number of fused-ring (bicyclic) bond motifs is 1. The summed E-state index contributed by atoms with van der Waals surface area (Å²) in [7, 11) is 1.43. The summed E-state index contributed by atoms with van der Waals surface area (Å²) >= 11 is 0. The molecule has 1 aromatic heterocycles. The van der Waals surface area contributed by atoms with Crippen LogP contribution in [0.25, 0.3) is 10.9 Å². The number of nitrogens with zero attached hydrogens (tertiary/aromatic N) is 2. The molecule has 1 fully saturated rings. The van der Waals surface area contributed by atoms with Gasteiger partial charge in [-0.3, -0.25) is 14.2 Å². The molecule has 0 spiro atoms. The van der Waals surface area contributed by atoms with Crippen LogP contribution in [-0.2, 0) is 16.1 Å². The van der Waals surface area contributed by atoms with Gasteiger partial charge in [-0.15, -0.1) is 0 Å². The molecule has 1 aliphatic carbocycles. The van der Waals surface area contributed by atoms with E-state index in [0.29, 0.717) is 23.7 Å². The van der Waals surface area contributed by atoms with Crippen molar-refractivity contribution in [2.75, 3.05) is 7.05 Å². The predicted molar refractivity (Wildman–Crippen MR) is 95.1 cm³/mol. The predicted octanol–water partition coefficient (Wildman–Crippen LogP) is 0.936. The lowest BCUT2D eigenvalue weighted by molar-refractivity contribution is -0.160. The fourth-order valence-electron chi connectivity index (χ4n) is 3.65. The van der Waals surface area contributed by atoms with E-state index in [9.17, 15) is 24.3 Å². The third-order valence-corrected chi connectivity index (χ3v) is 5.28. The van der Waals surface area contributed by atoms with Gasteiger partial charge in [0.15, 0.2) is 0 Å². The molecule has 138 valence electrons. The van der Waals surface area contributed by atoms with E-state index in [0.717, 1.165) is 23.8 Å². The Labute approximate surface area is 149 Å². The van der Waals surface area contributed by atoms with Crippen molar-refractivity contribution in [3.05, 3.63) is 45.1 Å². The van der Waals surface area contributed by atoms with E-state index < -0.39 is 35.2 Å². The summed E-state index contributed by atoms with van der Waals surface area (Å²) in [4.78, 5) is 53.1. The second kappa shape index (κ2) is 6.78. The molecule has 0 saturated heterocycles. The van der Waals surface area contributed by atoms with Crippen LogP contribution in [0.15, 0.2) is 33.9 Å². The number of aromatic nitrogens is 2. The number of H-pyrrole nitrogens is 1. The van der Waals surface area contributed by atoms with Crippen LogP contribution >= 0.6 is 0 Å². The highest BCUT2D eigenvalue weighted by Crippen LogP contribution is 2.33. The molecule has 2 N–H and O–H groups in total. The molecular formula is C18H21N3O5. The number of carbonyl (C=O) groups is 2. The van der Waals surface area contributed by atoms with Gasteiger partial charge in [-0.2, -0.15) is 0 Å². The summed E-state index contributed by atoms with van der Waals surface area (Å²) in [6.07, 6.45) is 3.11. The first-order chi connectivity index (χ1) is 12.4. The number of aliphatic carboxylic acids is 1. The van der Waals surface area contributed by atoms with E-state index >= 15 is 0 Å². The first-order valence-corrected chi connectivity index (χ1v) is 8.59. The van der Waals surface area contributed by atoms with Gasteiger partial charge in [0.05, 0.1) is 10.9 Å². The number of aromatic amines is 1. The maximum absolute atomic E-state index is 12.7. The molecule has 26 heavy (non-hydrogen) atoms. The Balaban J connectivity index is 1.95. The van der Waals surface area contributed by atoms with Crippen LogP contribution in [0, 0.1) is 0 Å². The number of hydrogen-bond donors (Lipinski definition) is 2. The van der Waals surface area contributed by atoms with Crippen LogP contribution in [0.1, 0.15) is 32.1 Å². The third-order valence-electron chi connectivity index (χ3n) is 5.28. The average Bonchev–Trinajstić information content (AvgIpc) is 2.64. The van der Waals surface area contributed by atoms with Crippen LogP contribution in [0.3, 0.4) is 0 Å². The number of para-hydroxylation sites is 1. The fourth-order valence-corrected chi connectivity index (χ4v) is 3.65. The van der Waals surface area contributed by atoms with Crippen molar-refractivity contribution in [1.82, 2.24) is 14.5 Å². The number of nitrogens with one attached hydrogen (secondary N) is 1. The molecular weight excluding hydrogens is 338 g/mol. The molecule has 1 aromatic carbocycles. The largest absolute Gasteiger partial charge is 0.479 e. The van der Waals surface area contributed by atoms with E-state index in [2.05, 4.69) is 4.98 Å². The van der Waals surface area contributed by atoms with Gasteiger partial charge in [0.1, 0.15) is 12.1 Å². The smallest absolute Gasteiger partial charge is 0.329 e. The second-order valence-electron chi connectivity index (χ2n) is 6.72. The molecule has 3 rings (SSSR count). The van der Waals surface area contributed by atoms with Crippen LogP contribution in [-0.4, -0.2) is 44.0 Å². The first kappa shape index (κ1) is 17.9. The lowest BCUT2D eigenvalue weighted by Gasteiger charge is -2.41. The van der Waals surface area contributed by atoms with Crippen molar-refractivity contribution in [2.24, 2.45) is 0 Å². The van der Waals surface area contributed by atoms with Gasteiger partial charge in [0, 0.05) is 7.05 Å². The lowest BCUT2D eigenvalue weighted by atomic mass is 9.80. The summed E-state index contributed by atoms with van der Waals surface area (Å²) in [5.74, 6) is -1.62. The molecule has 8 nitrogen and oxygen atoms in total. The minimum Gasteiger partial charge on any atom is -0.479 e. The maximum Gasteiger partial charge on any atom is 0.329 e. The van der Waals surface area contributed by atoms with Crippen molar-refractivity contribution in [2.45, 2.75) is 44.2 Å². The number of likely N-dealkylation sites (N-methyl/N-ethyl adjacent to an activating group) is 1. The normalized spacial score (nSPS) is 16.3. The fraction of sp³-hybridized carbons (Fsp3) is 0.444. The van der Waals surface area contributed by atoms with Gasteiger partial charge < -0.3 is 15.0 Å². The summed E-state index contributed by atoms with van der Waals surface area (Å²) in [5, 5.41) is 9.99. The quantitative estimate of drug-likeness (QED) is 0.843. The average molecular weight is 359 g/mol. The van der Waals surface area contributed by atoms with Gasteiger partial charge in [-0.1, -0.05) is 31.4 Å². The molecule has 0 aliphatic heterocycles. The molecule has 0 unspecified atom stereocenters.